The van der Waals surface area contributed by atoms with Crippen molar-refractivity contribution in [3.05, 3.63) is 29.3 Å². The van der Waals surface area contributed by atoms with Crippen molar-refractivity contribution in [2.75, 3.05) is 0 Å². The zero-order chi connectivity index (χ0) is 15.5. The molecule has 118 valence electrons. The molecule has 0 saturated carbocycles. The smallest absolute Gasteiger partial charge is 0.178 e. The summed E-state index contributed by atoms with van der Waals surface area (Å²) in [4.78, 5) is 0. The van der Waals surface area contributed by atoms with Crippen LogP contribution in [-0.4, -0.2) is 14.8 Å². The van der Waals surface area contributed by atoms with E-state index in [1.807, 2.05) is 12.1 Å². The fourth-order valence-electron chi connectivity index (χ4n) is 2.59. The number of benzene rings is 1. The summed E-state index contributed by atoms with van der Waals surface area (Å²) in [5.41, 5.74) is 2.00. The fourth-order valence-corrected chi connectivity index (χ4v) is 3.03. The van der Waals surface area contributed by atoms with Crippen molar-refractivity contribution in [3.63, 3.8) is 0 Å². The van der Waals surface area contributed by atoms with E-state index in [-0.39, 0.29) is 9.68 Å². The number of hydrogen-bond donors (Lipinski definition) is 1. The molecule has 1 rings (SSSR count). The molecule has 1 atom stereocenters. The lowest BCUT2D eigenvalue weighted by Crippen LogP contribution is -2.00. The van der Waals surface area contributed by atoms with Crippen LogP contribution in [0.3, 0.4) is 0 Å². The van der Waals surface area contributed by atoms with Gasteiger partial charge in [0.15, 0.2) is 9.68 Å². The van der Waals surface area contributed by atoms with Gasteiger partial charge in [0.1, 0.15) is 5.75 Å². The summed E-state index contributed by atoms with van der Waals surface area (Å²) in [5, 5.41) is 14.7. The van der Waals surface area contributed by atoms with Crippen molar-refractivity contribution >= 4 is 9.68 Å². The van der Waals surface area contributed by atoms with Gasteiger partial charge in [-0.05, 0) is 30.4 Å². The third-order valence-corrected chi connectivity index (χ3v) is 4.75. The average Bonchev–Trinajstić information content (AvgIpc) is 2.50. The highest BCUT2D eigenvalue weighted by molar-refractivity contribution is 6.32. The van der Waals surface area contributed by atoms with Gasteiger partial charge in [0.05, 0.1) is 6.54 Å². The molecule has 0 aliphatic heterocycles. The molecule has 1 unspecified atom stereocenters. The van der Waals surface area contributed by atoms with Crippen molar-refractivity contribution < 1.29 is 5.11 Å². The lowest BCUT2D eigenvalue weighted by Gasteiger charge is -2.18. The summed E-state index contributed by atoms with van der Waals surface area (Å²) in [6.07, 6.45) is 5.98. The van der Waals surface area contributed by atoms with Crippen molar-refractivity contribution in [1.29, 1.82) is 0 Å². The molecule has 3 nitrogen and oxygen atoms in total. The number of rotatable bonds is 10. The second-order valence-corrected chi connectivity index (χ2v) is 7.35. The third-order valence-electron chi connectivity index (χ3n) is 3.90. The van der Waals surface area contributed by atoms with Crippen LogP contribution in [0.4, 0.5) is 0 Å². The minimum atomic E-state index is -0.374. The second-order valence-electron chi connectivity index (χ2n) is 5.62. The van der Waals surface area contributed by atoms with Gasteiger partial charge in [-0.2, -0.15) is 0 Å². The highest BCUT2D eigenvalue weighted by atomic mass is 28.2. The van der Waals surface area contributed by atoms with Gasteiger partial charge in [0.2, 0.25) is 0 Å². The van der Waals surface area contributed by atoms with Crippen LogP contribution in [0, 0.1) is 0 Å². The van der Waals surface area contributed by atoms with Gasteiger partial charge in [0.25, 0.3) is 0 Å². The van der Waals surface area contributed by atoms with Crippen LogP contribution in [0.5, 0.6) is 5.75 Å². The first-order valence-corrected chi connectivity index (χ1v) is 10.0. The van der Waals surface area contributed by atoms with Crippen LogP contribution in [0.25, 0.3) is 0 Å². The van der Waals surface area contributed by atoms with Gasteiger partial charge < -0.3 is 5.11 Å². The molecule has 0 aliphatic carbocycles. The standard InChI is InChI=1S/C17H30N2OSi/c1-4-7-8-10-14(5-2)16-12-9-11-15(17(16)20)13-18-19-21-6-3/h9,11-12,14,20H,4-8,10,13,21H2,1-3H3/b19-18-. The molecule has 4 heteroatoms. The molecule has 0 heterocycles. The van der Waals surface area contributed by atoms with Crippen LogP contribution >= 0.6 is 0 Å². The van der Waals surface area contributed by atoms with Crippen LogP contribution in [0.2, 0.25) is 6.04 Å². The Hall–Kier alpha value is -1.16. The second kappa shape index (κ2) is 10.5. The third kappa shape index (κ3) is 6.00. The van der Waals surface area contributed by atoms with E-state index < -0.39 is 0 Å². The summed E-state index contributed by atoms with van der Waals surface area (Å²) in [5.74, 6) is 0.899. The van der Waals surface area contributed by atoms with Crippen LogP contribution in [0.1, 0.15) is 69.9 Å². The number of hydrogen-bond acceptors (Lipinski definition) is 3. The van der Waals surface area contributed by atoms with E-state index >= 15 is 0 Å². The summed E-state index contributed by atoms with van der Waals surface area (Å²) in [6.45, 7) is 7.09. The van der Waals surface area contributed by atoms with Gasteiger partial charge in [-0.1, -0.05) is 58.2 Å². The van der Waals surface area contributed by atoms with E-state index in [0.29, 0.717) is 18.2 Å². The van der Waals surface area contributed by atoms with Crippen LogP contribution < -0.4 is 0 Å². The van der Waals surface area contributed by atoms with E-state index in [0.717, 1.165) is 30.0 Å². The Morgan fingerprint density at radius 3 is 2.67 bits per heavy atom. The van der Waals surface area contributed by atoms with Crippen LogP contribution in [-0.2, 0) is 6.54 Å². The Morgan fingerprint density at radius 2 is 2.00 bits per heavy atom. The maximum atomic E-state index is 10.5. The molecule has 0 saturated heterocycles. The SMILES string of the molecule is CCCCCC(CC)c1cccc(C/N=N\[SiH2]CC)c1O. The fraction of sp³-hybridized carbons (Fsp3) is 0.647. The molecule has 0 radical (unpaired) electrons. The highest BCUT2D eigenvalue weighted by Gasteiger charge is 2.15. The molecule has 0 spiro atoms. The van der Waals surface area contributed by atoms with E-state index in [1.165, 1.54) is 19.3 Å². The Kier molecular flexibility index (Phi) is 8.98. The van der Waals surface area contributed by atoms with Gasteiger partial charge in [-0.3, -0.25) is 0 Å². The lowest BCUT2D eigenvalue weighted by atomic mass is 9.89. The maximum Gasteiger partial charge on any atom is 0.178 e. The van der Waals surface area contributed by atoms with Crippen LogP contribution in [0.15, 0.2) is 28.1 Å². The normalized spacial score (nSPS) is 13.5. The molecule has 0 aromatic heterocycles. The molecule has 1 aromatic carbocycles. The van der Waals surface area contributed by atoms with E-state index in [1.54, 1.807) is 0 Å². The van der Waals surface area contributed by atoms with E-state index in [2.05, 4.69) is 36.7 Å². The zero-order valence-electron chi connectivity index (χ0n) is 13.8. The summed E-state index contributed by atoms with van der Waals surface area (Å²) < 4.78 is 4.23. The molecule has 1 aromatic rings. The number of phenolic OH excluding ortho intramolecular Hbond substituents is 1. The quantitative estimate of drug-likeness (QED) is 0.371. The first kappa shape index (κ1) is 17.9. The first-order chi connectivity index (χ1) is 10.2. The van der Waals surface area contributed by atoms with Crippen molar-refractivity contribution in [2.45, 2.75) is 71.4 Å². The van der Waals surface area contributed by atoms with Gasteiger partial charge in [-0.15, -0.1) is 0 Å². The van der Waals surface area contributed by atoms with Crippen molar-refractivity contribution in [2.24, 2.45) is 9.89 Å². The molecule has 0 aliphatic rings. The topological polar surface area (TPSA) is 45.0 Å². The number of para-hydroxylation sites is 1. The minimum Gasteiger partial charge on any atom is -0.507 e. The number of nitrogens with zero attached hydrogens (tertiary/aromatic N) is 2. The summed E-state index contributed by atoms with van der Waals surface area (Å²) in [7, 11) is -0.374. The van der Waals surface area contributed by atoms with E-state index in [9.17, 15) is 5.11 Å². The molecular formula is C17H30N2OSi. The monoisotopic (exact) mass is 306 g/mol. The molecule has 0 amide bonds. The summed E-state index contributed by atoms with van der Waals surface area (Å²) in [6, 6.07) is 7.21. The Balaban J connectivity index is 2.77. The van der Waals surface area contributed by atoms with Gasteiger partial charge in [-0.25, -0.2) is 9.89 Å². The Labute approximate surface area is 131 Å². The van der Waals surface area contributed by atoms with E-state index in [4.69, 9.17) is 0 Å². The molecule has 0 bridgehead atoms. The van der Waals surface area contributed by atoms with Crippen molar-refractivity contribution in [3.8, 4) is 5.75 Å². The molecule has 21 heavy (non-hydrogen) atoms. The zero-order valence-corrected chi connectivity index (χ0v) is 15.2. The molecular weight excluding hydrogens is 276 g/mol. The predicted molar refractivity (Wildman–Crippen MR) is 92.9 cm³/mol. The molecule has 1 N–H and O–H groups in total. The molecule has 0 fully saturated rings. The maximum absolute atomic E-state index is 10.5. The largest absolute Gasteiger partial charge is 0.507 e. The Bertz CT molecular complexity index is 435. The minimum absolute atomic E-state index is 0.374. The van der Waals surface area contributed by atoms with Gasteiger partial charge in [0, 0.05) is 5.56 Å². The lowest BCUT2D eigenvalue weighted by molar-refractivity contribution is 0.445. The van der Waals surface area contributed by atoms with Gasteiger partial charge >= 0.3 is 0 Å². The Morgan fingerprint density at radius 1 is 1.19 bits per heavy atom. The predicted octanol–water partition coefficient (Wildman–Crippen LogP) is 4.94. The number of aromatic hydroxyl groups is 1. The summed E-state index contributed by atoms with van der Waals surface area (Å²) >= 11 is 0. The average molecular weight is 307 g/mol. The number of phenols is 1. The van der Waals surface area contributed by atoms with Crippen molar-refractivity contribution in [1.82, 2.24) is 0 Å². The number of unbranched alkanes of at least 4 members (excludes halogenated alkanes) is 2. The first-order valence-electron chi connectivity index (χ1n) is 8.38. The highest BCUT2D eigenvalue weighted by Crippen LogP contribution is 2.34.